The molecule has 1 nitrogen and oxygen atoms in total. The van der Waals surface area contributed by atoms with Crippen molar-refractivity contribution in [3.05, 3.63) is 0 Å². The Bertz CT molecular complexity index is 164. The van der Waals surface area contributed by atoms with Crippen LogP contribution in [0.1, 0.15) is 70.6 Å². The molecular formula is C14H27N. The summed E-state index contributed by atoms with van der Waals surface area (Å²) in [5.41, 5.74) is 6.49. The highest BCUT2D eigenvalue weighted by atomic mass is 14.7. The van der Waals surface area contributed by atoms with Crippen LogP contribution in [0.2, 0.25) is 0 Å². The van der Waals surface area contributed by atoms with Crippen molar-refractivity contribution in [2.75, 3.05) is 0 Å². The molecule has 0 spiro atoms. The van der Waals surface area contributed by atoms with Gasteiger partial charge in [-0.25, -0.2) is 0 Å². The highest BCUT2D eigenvalue weighted by Gasteiger charge is 2.27. The standard InChI is InChI=1S/C14H27N/c15-14(13-10-6-3-7-11-13)12-8-4-1-2-5-9-12/h12-14H,1-11,15H2. The normalized spacial score (nSPS) is 28.6. The molecule has 2 aliphatic rings. The van der Waals surface area contributed by atoms with Crippen molar-refractivity contribution in [2.24, 2.45) is 17.6 Å². The lowest BCUT2D eigenvalue weighted by molar-refractivity contribution is 0.228. The smallest absolute Gasteiger partial charge is 0.00956 e. The van der Waals surface area contributed by atoms with Crippen LogP contribution in [-0.4, -0.2) is 6.04 Å². The quantitative estimate of drug-likeness (QED) is 0.687. The first kappa shape index (κ1) is 11.4. The maximum absolute atomic E-state index is 6.49. The van der Waals surface area contributed by atoms with Gasteiger partial charge in [-0.15, -0.1) is 0 Å². The molecule has 0 aliphatic heterocycles. The Kier molecular flexibility index (Phi) is 4.49. The van der Waals surface area contributed by atoms with Gasteiger partial charge < -0.3 is 5.73 Å². The van der Waals surface area contributed by atoms with E-state index in [9.17, 15) is 0 Å². The largest absolute Gasteiger partial charge is 0.327 e. The lowest BCUT2D eigenvalue weighted by Gasteiger charge is -2.33. The molecule has 2 saturated carbocycles. The molecule has 15 heavy (non-hydrogen) atoms. The third-order valence-corrected chi connectivity index (χ3v) is 4.64. The Hall–Kier alpha value is -0.0400. The summed E-state index contributed by atoms with van der Waals surface area (Å²) >= 11 is 0. The fourth-order valence-corrected chi connectivity index (χ4v) is 3.60. The molecule has 0 radical (unpaired) electrons. The van der Waals surface area contributed by atoms with Gasteiger partial charge in [-0.3, -0.25) is 0 Å². The minimum atomic E-state index is 0.531. The minimum Gasteiger partial charge on any atom is -0.327 e. The second kappa shape index (κ2) is 5.89. The molecule has 2 N–H and O–H groups in total. The van der Waals surface area contributed by atoms with Crippen LogP contribution < -0.4 is 5.73 Å². The topological polar surface area (TPSA) is 26.0 Å². The van der Waals surface area contributed by atoms with Crippen molar-refractivity contribution in [2.45, 2.75) is 76.7 Å². The second-order valence-corrected chi connectivity index (χ2v) is 5.73. The Morgan fingerprint density at radius 3 is 1.33 bits per heavy atom. The summed E-state index contributed by atoms with van der Waals surface area (Å²) in [6, 6.07) is 0.531. The highest BCUT2D eigenvalue weighted by molar-refractivity contribution is 4.83. The number of nitrogens with two attached hydrogens (primary N) is 1. The van der Waals surface area contributed by atoms with Gasteiger partial charge in [0.15, 0.2) is 0 Å². The Morgan fingerprint density at radius 2 is 0.933 bits per heavy atom. The van der Waals surface area contributed by atoms with Crippen molar-refractivity contribution in [3.8, 4) is 0 Å². The molecule has 88 valence electrons. The van der Waals surface area contributed by atoms with E-state index in [1.165, 1.54) is 70.6 Å². The number of hydrogen-bond acceptors (Lipinski definition) is 1. The van der Waals surface area contributed by atoms with Crippen molar-refractivity contribution < 1.29 is 0 Å². The minimum absolute atomic E-state index is 0.531. The summed E-state index contributed by atoms with van der Waals surface area (Å²) in [6.45, 7) is 0. The van der Waals surface area contributed by atoms with Crippen LogP contribution >= 0.6 is 0 Å². The average molecular weight is 209 g/mol. The molecule has 1 heteroatoms. The van der Waals surface area contributed by atoms with E-state index >= 15 is 0 Å². The fourth-order valence-electron chi connectivity index (χ4n) is 3.60. The summed E-state index contributed by atoms with van der Waals surface area (Å²) in [4.78, 5) is 0. The molecule has 0 saturated heterocycles. The molecular weight excluding hydrogens is 182 g/mol. The Balaban J connectivity index is 1.83. The van der Waals surface area contributed by atoms with Crippen LogP contribution in [0.25, 0.3) is 0 Å². The van der Waals surface area contributed by atoms with Crippen LogP contribution in [0.15, 0.2) is 0 Å². The monoisotopic (exact) mass is 209 g/mol. The predicted octanol–water partition coefficient (Wildman–Crippen LogP) is 3.86. The van der Waals surface area contributed by atoms with Crippen LogP contribution in [0.3, 0.4) is 0 Å². The highest BCUT2D eigenvalue weighted by Crippen LogP contribution is 2.33. The van der Waals surface area contributed by atoms with Crippen molar-refractivity contribution in [3.63, 3.8) is 0 Å². The van der Waals surface area contributed by atoms with Gasteiger partial charge in [-0.2, -0.15) is 0 Å². The third kappa shape index (κ3) is 3.21. The molecule has 2 aliphatic carbocycles. The van der Waals surface area contributed by atoms with Crippen molar-refractivity contribution in [1.29, 1.82) is 0 Å². The fraction of sp³-hybridized carbons (Fsp3) is 1.00. The van der Waals surface area contributed by atoms with E-state index < -0.39 is 0 Å². The molecule has 2 fully saturated rings. The molecule has 1 atom stereocenters. The third-order valence-electron chi connectivity index (χ3n) is 4.64. The van der Waals surface area contributed by atoms with Gasteiger partial charge >= 0.3 is 0 Å². The van der Waals surface area contributed by atoms with Gasteiger partial charge in [-0.05, 0) is 37.5 Å². The maximum Gasteiger partial charge on any atom is 0.00956 e. The molecule has 0 aromatic carbocycles. The molecule has 0 aromatic heterocycles. The van der Waals surface area contributed by atoms with E-state index in [1.54, 1.807) is 0 Å². The Morgan fingerprint density at radius 1 is 0.600 bits per heavy atom. The van der Waals surface area contributed by atoms with Gasteiger partial charge in [0.25, 0.3) is 0 Å². The summed E-state index contributed by atoms with van der Waals surface area (Å²) in [7, 11) is 0. The molecule has 1 unspecified atom stereocenters. The summed E-state index contributed by atoms with van der Waals surface area (Å²) in [5, 5.41) is 0. The van der Waals surface area contributed by atoms with Gasteiger partial charge in [0, 0.05) is 6.04 Å². The zero-order valence-corrected chi connectivity index (χ0v) is 10.1. The maximum atomic E-state index is 6.49. The van der Waals surface area contributed by atoms with Crippen molar-refractivity contribution >= 4 is 0 Å². The van der Waals surface area contributed by atoms with Gasteiger partial charge in [0.2, 0.25) is 0 Å². The Labute approximate surface area is 94.8 Å². The van der Waals surface area contributed by atoms with Gasteiger partial charge in [0.05, 0.1) is 0 Å². The molecule has 0 aromatic rings. The predicted molar refractivity (Wildman–Crippen MR) is 65.7 cm³/mol. The van der Waals surface area contributed by atoms with E-state index in [0.717, 1.165) is 11.8 Å². The summed E-state index contributed by atoms with van der Waals surface area (Å²) in [6.07, 6.45) is 15.8. The zero-order chi connectivity index (χ0) is 10.5. The number of rotatable bonds is 2. The molecule has 2 rings (SSSR count). The lowest BCUT2D eigenvalue weighted by Crippen LogP contribution is -2.38. The van der Waals surface area contributed by atoms with E-state index in [1.807, 2.05) is 0 Å². The van der Waals surface area contributed by atoms with Gasteiger partial charge in [0.1, 0.15) is 0 Å². The zero-order valence-electron chi connectivity index (χ0n) is 10.1. The number of hydrogen-bond donors (Lipinski definition) is 1. The van der Waals surface area contributed by atoms with E-state index in [4.69, 9.17) is 5.73 Å². The van der Waals surface area contributed by atoms with Crippen LogP contribution in [0.5, 0.6) is 0 Å². The summed E-state index contributed by atoms with van der Waals surface area (Å²) in [5.74, 6) is 1.72. The van der Waals surface area contributed by atoms with Gasteiger partial charge in [-0.1, -0.05) is 44.9 Å². The molecule has 0 heterocycles. The second-order valence-electron chi connectivity index (χ2n) is 5.73. The van der Waals surface area contributed by atoms with E-state index in [2.05, 4.69) is 0 Å². The first-order valence-corrected chi connectivity index (χ1v) is 7.13. The van der Waals surface area contributed by atoms with Crippen molar-refractivity contribution in [1.82, 2.24) is 0 Å². The lowest BCUT2D eigenvalue weighted by atomic mass is 9.77. The first-order valence-electron chi connectivity index (χ1n) is 7.13. The SMILES string of the molecule is NC(C1CCCCCC1)C1CCCCC1. The van der Waals surface area contributed by atoms with E-state index in [0.29, 0.717) is 6.04 Å². The van der Waals surface area contributed by atoms with Crippen LogP contribution in [-0.2, 0) is 0 Å². The molecule has 0 amide bonds. The van der Waals surface area contributed by atoms with E-state index in [-0.39, 0.29) is 0 Å². The first-order chi connectivity index (χ1) is 7.38. The van der Waals surface area contributed by atoms with Crippen LogP contribution in [0, 0.1) is 11.8 Å². The molecule has 0 bridgehead atoms. The van der Waals surface area contributed by atoms with Crippen LogP contribution in [0.4, 0.5) is 0 Å². The summed E-state index contributed by atoms with van der Waals surface area (Å²) < 4.78 is 0. The average Bonchev–Trinajstić information content (AvgIpc) is 2.58.